The average Bonchev–Trinajstić information content (AvgIpc) is 2.99. The van der Waals surface area contributed by atoms with Crippen molar-refractivity contribution in [2.75, 3.05) is 13.2 Å². The minimum Gasteiger partial charge on any atom is -0.377 e. The van der Waals surface area contributed by atoms with Crippen molar-refractivity contribution in [1.29, 1.82) is 0 Å². The first-order valence-corrected chi connectivity index (χ1v) is 7.77. The van der Waals surface area contributed by atoms with Gasteiger partial charge in [-0.15, -0.1) is 0 Å². The number of H-pyrrole nitrogens is 1. The van der Waals surface area contributed by atoms with Gasteiger partial charge in [0.1, 0.15) is 4.90 Å². The molecule has 0 amide bonds. The Morgan fingerprint density at radius 1 is 1.25 bits per heavy atom. The van der Waals surface area contributed by atoms with Crippen molar-refractivity contribution < 1.29 is 13.2 Å². The van der Waals surface area contributed by atoms with Crippen molar-refractivity contribution in [3.63, 3.8) is 0 Å². The lowest BCUT2D eigenvalue weighted by molar-refractivity contribution is 0.119. The molecule has 0 fully saturated rings. The van der Waals surface area contributed by atoms with Gasteiger partial charge in [0.15, 0.2) is 0 Å². The van der Waals surface area contributed by atoms with Gasteiger partial charge in [-0.2, -0.15) is 5.10 Å². The average molecular weight is 295 g/mol. The molecule has 2 aromatic rings. The van der Waals surface area contributed by atoms with E-state index in [-0.39, 0.29) is 4.90 Å². The second kappa shape index (κ2) is 7.18. The van der Waals surface area contributed by atoms with Crippen molar-refractivity contribution >= 4 is 10.0 Å². The molecule has 0 aliphatic carbocycles. The van der Waals surface area contributed by atoms with E-state index in [1.165, 1.54) is 12.4 Å². The summed E-state index contributed by atoms with van der Waals surface area (Å²) in [7, 11) is -3.46. The summed E-state index contributed by atoms with van der Waals surface area (Å²) in [4.78, 5) is 0.141. The second-order valence-electron chi connectivity index (χ2n) is 4.22. The maximum atomic E-state index is 11.7. The number of hydrogen-bond acceptors (Lipinski definition) is 4. The minimum absolute atomic E-state index is 0.141. The molecular formula is C13H17N3O3S. The fraction of sp³-hybridized carbons (Fsp3) is 0.308. The van der Waals surface area contributed by atoms with Gasteiger partial charge in [-0.1, -0.05) is 30.3 Å². The monoisotopic (exact) mass is 295 g/mol. The van der Waals surface area contributed by atoms with Gasteiger partial charge in [0.25, 0.3) is 0 Å². The van der Waals surface area contributed by atoms with E-state index in [1.807, 2.05) is 30.3 Å². The van der Waals surface area contributed by atoms with Gasteiger partial charge >= 0.3 is 0 Å². The first-order valence-electron chi connectivity index (χ1n) is 6.28. The lowest BCUT2D eigenvalue weighted by atomic mass is 10.2. The molecular weight excluding hydrogens is 278 g/mol. The Morgan fingerprint density at radius 3 is 2.75 bits per heavy atom. The topological polar surface area (TPSA) is 84.1 Å². The number of rotatable bonds is 8. The molecule has 6 nitrogen and oxygen atoms in total. The Kier molecular flexibility index (Phi) is 5.28. The summed E-state index contributed by atoms with van der Waals surface area (Å²) in [5.74, 6) is 0. The molecule has 2 rings (SSSR count). The van der Waals surface area contributed by atoms with Crippen LogP contribution < -0.4 is 4.72 Å². The van der Waals surface area contributed by atoms with E-state index >= 15 is 0 Å². The van der Waals surface area contributed by atoms with Crippen molar-refractivity contribution in [3.8, 4) is 0 Å². The third-order valence-electron chi connectivity index (χ3n) is 2.65. The molecule has 0 atom stereocenters. The summed E-state index contributed by atoms with van der Waals surface area (Å²) >= 11 is 0. The van der Waals surface area contributed by atoms with Crippen LogP contribution in [0.25, 0.3) is 0 Å². The predicted octanol–water partition coefficient (Wildman–Crippen LogP) is 1.29. The maximum absolute atomic E-state index is 11.7. The van der Waals surface area contributed by atoms with E-state index < -0.39 is 10.0 Å². The quantitative estimate of drug-likeness (QED) is 0.719. The number of sulfonamides is 1. The summed E-state index contributed by atoms with van der Waals surface area (Å²) in [6, 6.07) is 9.84. The largest absolute Gasteiger partial charge is 0.377 e. The van der Waals surface area contributed by atoms with Crippen LogP contribution in [-0.2, 0) is 21.4 Å². The summed E-state index contributed by atoms with van der Waals surface area (Å²) in [6.45, 7) is 1.38. The van der Waals surface area contributed by atoms with Crippen molar-refractivity contribution in [3.05, 3.63) is 48.3 Å². The highest BCUT2D eigenvalue weighted by Crippen LogP contribution is 2.04. The van der Waals surface area contributed by atoms with Crippen LogP contribution in [0.3, 0.4) is 0 Å². The van der Waals surface area contributed by atoms with Crippen LogP contribution in [0.2, 0.25) is 0 Å². The lowest BCUT2D eigenvalue weighted by Gasteiger charge is -2.06. The van der Waals surface area contributed by atoms with E-state index in [9.17, 15) is 8.42 Å². The molecule has 0 aliphatic heterocycles. The number of aromatic amines is 1. The molecule has 2 N–H and O–H groups in total. The summed E-state index contributed by atoms with van der Waals surface area (Å²) < 4.78 is 31.4. The van der Waals surface area contributed by atoms with Gasteiger partial charge in [-0.25, -0.2) is 13.1 Å². The predicted molar refractivity (Wildman–Crippen MR) is 74.5 cm³/mol. The summed E-state index contributed by atoms with van der Waals surface area (Å²) in [5, 5.41) is 6.08. The molecule has 108 valence electrons. The Hall–Kier alpha value is -1.70. The zero-order valence-electron chi connectivity index (χ0n) is 11.0. The van der Waals surface area contributed by atoms with Gasteiger partial charge in [0.05, 0.1) is 12.8 Å². The van der Waals surface area contributed by atoms with Crippen LogP contribution in [0, 0.1) is 0 Å². The van der Waals surface area contributed by atoms with E-state index in [0.29, 0.717) is 26.2 Å². The van der Waals surface area contributed by atoms with Crippen LogP contribution in [0.1, 0.15) is 12.0 Å². The molecule has 1 aromatic carbocycles. The van der Waals surface area contributed by atoms with E-state index in [2.05, 4.69) is 14.9 Å². The summed E-state index contributed by atoms with van der Waals surface area (Å²) in [6.07, 6.45) is 3.23. The molecule has 0 radical (unpaired) electrons. The maximum Gasteiger partial charge on any atom is 0.243 e. The highest BCUT2D eigenvalue weighted by molar-refractivity contribution is 7.89. The van der Waals surface area contributed by atoms with Crippen molar-refractivity contribution in [2.24, 2.45) is 0 Å². The molecule has 20 heavy (non-hydrogen) atoms. The van der Waals surface area contributed by atoms with Gasteiger partial charge in [-0.05, 0) is 12.0 Å². The summed E-state index contributed by atoms with van der Waals surface area (Å²) in [5.41, 5.74) is 1.10. The van der Waals surface area contributed by atoms with Crippen LogP contribution in [0.5, 0.6) is 0 Å². The third-order valence-corrected chi connectivity index (χ3v) is 4.08. The molecule has 0 saturated carbocycles. The zero-order chi connectivity index (χ0) is 14.3. The number of nitrogens with one attached hydrogen (secondary N) is 2. The van der Waals surface area contributed by atoms with Gasteiger partial charge < -0.3 is 4.74 Å². The highest BCUT2D eigenvalue weighted by atomic mass is 32.2. The number of benzene rings is 1. The minimum atomic E-state index is -3.46. The van der Waals surface area contributed by atoms with E-state index in [0.717, 1.165) is 5.56 Å². The molecule has 1 aromatic heterocycles. The first-order chi connectivity index (χ1) is 9.68. The standard InChI is InChI=1S/C13H17N3O3S/c17-20(18,13-9-14-15-10-13)16-7-4-8-19-11-12-5-2-1-3-6-12/h1-3,5-6,9-10,16H,4,7-8,11H2,(H,14,15). The van der Waals surface area contributed by atoms with Gasteiger partial charge in [-0.3, -0.25) is 5.10 Å². The zero-order valence-corrected chi connectivity index (χ0v) is 11.8. The number of nitrogens with zero attached hydrogens (tertiary/aromatic N) is 1. The number of ether oxygens (including phenoxy) is 1. The van der Waals surface area contributed by atoms with Crippen molar-refractivity contribution in [2.45, 2.75) is 17.9 Å². The van der Waals surface area contributed by atoms with Crippen molar-refractivity contribution in [1.82, 2.24) is 14.9 Å². The third kappa shape index (κ3) is 4.44. The fourth-order valence-electron chi connectivity index (χ4n) is 1.61. The van der Waals surface area contributed by atoms with Crippen LogP contribution in [0.15, 0.2) is 47.6 Å². The molecule has 0 spiro atoms. The number of hydrogen-bond donors (Lipinski definition) is 2. The fourth-order valence-corrected chi connectivity index (χ4v) is 2.59. The first kappa shape index (κ1) is 14.7. The Labute approximate surface area is 118 Å². The van der Waals surface area contributed by atoms with Crippen LogP contribution in [0.4, 0.5) is 0 Å². The van der Waals surface area contributed by atoms with Crippen LogP contribution in [-0.4, -0.2) is 31.8 Å². The highest BCUT2D eigenvalue weighted by Gasteiger charge is 2.13. The lowest BCUT2D eigenvalue weighted by Crippen LogP contribution is -2.25. The Balaban J connectivity index is 1.63. The number of aromatic nitrogens is 2. The molecule has 1 heterocycles. The smallest absolute Gasteiger partial charge is 0.243 e. The molecule has 0 saturated heterocycles. The molecule has 0 aliphatic rings. The Morgan fingerprint density at radius 2 is 2.05 bits per heavy atom. The normalized spacial score (nSPS) is 11.6. The molecule has 0 unspecified atom stereocenters. The second-order valence-corrected chi connectivity index (χ2v) is 5.99. The molecule has 7 heteroatoms. The van der Waals surface area contributed by atoms with Gasteiger partial charge in [0, 0.05) is 19.3 Å². The van der Waals surface area contributed by atoms with E-state index in [4.69, 9.17) is 4.74 Å². The van der Waals surface area contributed by atoms with E-state index in [1.54, 1.807) is 0 Å². The Bertz CT molecular complexity index is 597. The molecule has 0 bridgehead atoms. The van der Waals surface area contributed by atoms with Gasteiger partial charge in [0.2, 0.25) is 10.0 Å². The SMILES string of the molecule is O=S(=O)(NCCCOCc1ccccc1)c1cn[nH]c1. The van der Waals surface area contributed by atoms with Crippen LogP contribution >= 0.6 is 0 Å².